The molecule has 2 aromatic carbocycles. The number of rotatable bonds is 5. The highest BCUT2D eigenvalue weighted by molar-refractivity contribution is 9.08. The summed E-state index contributed by atoms with van der Waals surface area (Å²) in [6.45, 7) is 0.0976. The molecule has 2 aromatic rings. The Labute approximate surface area is 140 Å². The topological polar surface area (TPSA) is 18.5 Å². The molecule has 0 saturated carbocycles. The van der Waals surface area contributed by atoms with E-state index in [1.165, 1.54) is 25.3 Å². The van der Waals surface area contributed by atoms with Crippen LogP contribution in [0.1, 0.15) is 11.1 Å². The average Bonchev–Trinajstić information content (AvgIpc) is 2.48. The molecule has 0 spiro atoms. The van der Waals surface area contributed by atoms with E-state index < -0.39 is 0 Å². The van der Waals surface area contributed by atoms with Crippen molar-refractivity contribution < 1.29 is 13.9 Å². The molecular formula is C15H12BrCl2FO2. The lowest BCUT2D eigenvalue weighted by Crippen LogP contribution is -2.00. The molecule has 0 bridgehead atoms. The van der Waals surface area contributed by atoms with Gasteiger partial charge in [-0.15, -0.1) is 0 Å². The maximum atomic E-state index is 13.2. The lowest BCUT2D eigenvalue weighted by atomic mass is 10.2. The van der Waals surface area contributed by atoms with Crippen molar-refractivity contribution in [2.45, 2.75) is 11.9 Å². The van der Waals surface area contributed by atoms with Crippen LogP contribution in [0.5, 0.6) is 11.5 Å². The van der Waals surface area contributed by atoms with Crippen LogP contribution in [0.4, 0.5) is 4.39 Å². The Hall–Kier alpha value is -0.970. The number of hydrogen-bond acceptors (Lipinski definition) is 2. The Kier molecular flexibility index (Phi) is 5.73. The fourth-order valence-corrected chi connectivity index (χ4v) is 2.58. The van der Waals surface area contributed by atoms with Gasteiger partial charge in [0.05, 0.1) is 12.1 Å². The van der Waals surface area contributed by atoms with Gasteiger partial charge in [0, 0.05) is 15.9 Å². The van der Waals surface area contributed by atoms with Crippen LogP contribution < -0.4 is 9.47 Å². The molecule has 0 saturated heterocycles. The van der Waals surface area contributed by atoms with Crippen molar-refractivity contribution in [1.82, 2.24) is 0 Å². The zero-order valence-electron chi connectivity index (χ0n) is 11.1. The smallest absolute Gasteiger partial charge is 0.180 e. The van der Waals surface area contributed by atoms with E-state index in [9.17, 15) is 4.39 Å². The zero-order valence-corrected chi connectivity index (χ0v) is 14.2. The predicted molar refractivity (Wildman–Crippen MR) is 86.4 cm³/mol. The van der Waals surface area contributed by atoms with Crippen molar-refractivity contribution in [1.29, 1.82) is 0 Å². The maximum absolute atomic E-state index is 13.2. The summed E-state index contributed by atoms with van der Waals surface area (Å²) in [5, 5.41) is 1.51. The van der Waals surface area contributed by atoms with E-state index in [1.54, 1.807) is 6.07 Å². The van der Waals surface area contributed by atoms with E-state index in [0.29, 0.717) is 32.4 Å². The molecule has 0 aromatic heterocycles. The molecule has 0 heterocycles. The van der Waals surface area contributed by atoms with Crippen molar-refractivity contribution in [3.63, 3.8) is 0 Å². The standard InChI is InChI=1S/C15H12BrCl2FO2/c1-20-14-5-9(7-16)4-13(18)15(14)21-8-10-6-11(19)2-3-12(10)17/h2-6H,7-8H2,1H3. The molecule has 2 rings (SSSR count). The molecule has 2 nitrogen and oxygen atoms in total. The first-order valence-electron chi connectivity index (χ1n) is 6.04. The minimum absolute atomic E-state index is 0.0976. The molecule has 0 radical (unpaired) electrons. The van der Waals surface area contributed by atoms with E-state index in [-0.39, 0.29) is 12.4 Å². The average molecular weight is 394 g/mol. The van der Waals surface area contributed by atoms with E-state index in [2.05, 4.69) is 15.9 Å². The highest BCUT2D eigenvalue weighted by atomic mass is 79.9. The number of hydrogen-bond donors (Lipinski definition) is 0. The van der Waals surface area contributed by atoms with Crippen molar-refractivity contribution in [3.05, 3.63) is 57.3 Å². The SMILES string of the molecule is COc1cc(CBr)cc(Cl)c1OCc1cc(F)ccc1Cl. The van der Waals surface area contributed by atoms with Crippen molar-refractivity contribution in [2.75, 3.05) is 7.11 Å². The summed E-state index contributed by atoms with van der Waals surface area (Å²) >= 11 is 15.6. The van der Waals surface area contributed by atoms with Gasteiger partial charge in [-0.2, -0.15) is 0 Å². The molecule has 0 atom stereocenters. The summed E-state index contributed by atoms with van der Waals surface area (Å²) in [6, 6.07) is 7.71. The van der Waals surface area contributed by atoms with Gasteiger partial charge in [0.2, 0.25) is 0 Å². The van der Waals surface area contributed by atoms with Gasteiger partial charge in [-0.25, -0.2) is 4.39 Å². The van der Waals surface area contributed by atoms with Gasteiger partial charge >= 0.3 is 0 Å². The number of halogens is 4. The fourth-order valence-electron chi connectivity index (χ4n) is 1.79. The molecule has 0 N–H and O–H groups in total. The normalized spacial score (nSPS) is 10.5. The predicted octanol–water partition coefficient (Wildman–Crippen LogP) is 5.62. The maximum Gasteiger partial charge on any atom is 0.180 e. The summed E-state index contributed by atoms with van der Waals surface area (Å²) in [4.78, 5) is 0. The molecule has 6 heteroatoms. The first kappa shape index (κ1) is 16.4. The molecule has 112 valence electrons. The molecule has 0 fully saturated rings. The summed E-state index contributed by atoms with van der Waals surface area (Å²) < 4.78 is 24.2. The van der Waals surface area contributed by atoms with Gasteiger partial charge < -0.3 is 9.47 Å². The van der Waals surface area contributed by atoms with Gasteiger partial charge in [-0.05, 0) is 35.9 Å². The highest BCUT2D eigenvalue weighted by Gasteiger charge is 2.13. The van der Waals surface area contributed by atoms with E-state index >= 15 is 0 Å². The number of ether oxygens (including phenoxy) is 2. The molecule has 0 aliphatic rings. The lowest BCUT2D eigenvalue weighted by molar-refractivity contribution is 0.284. The van der Waals surface area contributed by atoms with Gasteiger partial charge in [0.25, 0.3) is 0 Å². The second kappa shape index (κ2) is 7.34. The largest absolute Gasteiger partial charge is 0.493 e. The second-order valence-corrected chi connectivity index (χ2v) is 5.64. The van der Waals surface area contributed by atoms with E-state index in [0.717, 1.165) is 5.56 Å². The Balaban J connectivity index is 2.25. The monoisotopic (exact) mass is 392 g/mol. The summed E-state index contributed by atoms with van der Waals surface area (Å²) in [6.07, 6.45) is 0. The van der Waals surface area contributed by atoms with Gasteiger partial charge in [-0.1, -0.05) is 39.1 Å². The van der Waals surface area contributed by atoms with Crippen LogP contribution in [-0.4, -0.2) is 7.11 Å². The van der Waals surface area contributed by atoms with Crippen LogP contribution in [0, 0.1) is 5.82 Å². The highest BCUT2D eigenvalue weighted by Crippen LogP contribution is 2.37. The molecule has 0 unspecified atom stereocenters. The lowest BCUT2D eigenvalue weighted by Gasteiger charge is -2.14. The summed E-state index contributed by atoms with van der Waals surface area (Å²) in [7, 11) is 1.53. The van der Waals surface area contributed by atoms with Gasteiger partial charge in [0.15, 0.2) is 11.5 Å². The Morgan fingerprint density at radius 1 is 1.14 bits per heavy atom. The van der Waals surface area contributed by atoms with Crippen LogP contribution in [0.15, 0.2) is 30.3 Å². The third-order valence-corrected chi connectivity index (χ3v) is 4.12. The number of alkyl halides is 1. The first-order chi connectivity index (χ1) is 10.0. The minimum Gasteiger partial charge on any atom is -0.493 e. The van der Waals surface area contributed by atoms with Crippen molar-refractivity contribution in [2.24, 2.45) is 0 Å². The van der Waals surface area contributed by atoms with E-state index in [4.69, 9.17) is 32.7 Å². The summed E-state index contributed by atoms with van der Waals surface area (Å²) in [5.74, 6) is 0.555. The molecule has 0 amide bonds. The van der Waals surface area contributed by atoms with Crippen LogP contribution in [0.3, 0.4) is 0 Å². The first-order valence-corrected chi connectivity index (χ1v) is 7.92. The zero-order chi connectivity index (χ0) is 15.4. The number of methoxy groups -OCH3 is 1. The summed E-state index contributed by atoms with van der Waals surface area (Å²) in [5.41, 5.74) is 1.51. The van der Waals surface area contributed by atoms with Crippen LogP contribution in [0.25, 0.3) is 0 Å². The van der Waals surface area contributed by atoms with Crippen LogP contribution in [0.2, 0.25) is 10.0 Å². The second-order valence-electron chi connectivity index (χ2n) is 4.27. The molecular weight excluding hydrogens is 382 g/mol. The van der Waals surface area contributed by atoms with Crippen LogP contribution >= 0.6 is 39.1 Å². The van der Waals surface area contributed by atoms with E-state index in [1.807, 2.05) is 6.07 Å². The molecule has 21 heavy (non-hydrogen) atoms. The fraction of sp³-hybridized carbons (Fsp3) is 0.200. The molecule has 0 aliphatic carbocycles. The van der Waals surface area contributed by atoms with Gasteiger partial charge in [0.1, 0.15) is 12.4 Å². The minimum atomic E-state index is -0.370. The van der Waals surface area contributed by atoms with Gasteiger partial charge in [-0.3, -0.25) is 0 Å². The number of benzene rings is 2. The van der Waals surface area contributed by atoms with Crippen molar-refractivity contribution in [3.8, 4) is 11.5 Å². The third-order valence-electron chi connectivity index (χ3n) is 2.82. The Morgan fingerprint density at radius 3 is 2.57 bits per heavy atom. The quantitative estimate of drug-likeness (QED) is 0.614. The molecule has 0 aliphatic heterocycles. The van der Waals surface area contributed by atoms with Crippen LogP contribution in [-0.2, 0) is 11.9 Å². The Morgan fingerprint density at radius 2 is 1.90 bits per heavy atom. The Bertz CT molecular complexity index is 650. The third kappa shape index (κ3) is 4.02. The van der Waals surface area contributed by atoms with Crippen molar-refractivity contribution >= 4 is 39.1 Å².